The predicted molar refractivity (Wildman–Crippen MR) is 57.9 cm³/mol. The van der Waals surface area contributed by atoms with E-state index in [1.54, 1.807) is 6.20 Å². The number of fused-ring (bicyclic) bond motifs is 1. The molecule has 0 saturated heterocycles. The van der Waals surface area contributed by atoms with Crippen molar-refractivity contribution in [3.63, 3.8) is 0 Å². The minimum Gasteiger partial charge on any atom is -0.397 e. The molecule has 0 bridgehead atoms. The average molecular weight is 190 g/mol. The van der Waals surface area contributed by atoms with Gasteiger partial charge >= 0.3 is 0 Å². The van der Waals surface area contributed by atoms with Gasteiger partial charge in [0.1, 0.15) is 5.65 Å². The number of hydrogen-bond donors (Lipinski definition) is 2. The molecule has 0 fully saturated rings. The van der Waals surface area contributed by atoms with Crippen molar-refractivity contribution < 1.29 is 0 Å². The number of nitrogens with one attached hydrogen (secondary N) is 1. The molecule has 3 N–H and O–H groups in total. The van der Waals surface area contributed by atoms with E-state index in [2.05, 4.69) is 14.9 Å². The number of aromatic amines is 1. The molecule has 4 nitrogen and oxygen atoms in total. The summed E-state index contributed by atoms with van der Waals surface area (Å²) in [5, 5.41) is 1.11. The highest BCUT2D eigenvalue weighted by molar-refractivity contribution is 5.82. The Hall–Kier alpha value is -1.55. The standard InChI is InChI=1S/C10H14N4/c1-14(2)6-7-4-12-10-9(7)3-8(11)5-13-10/h3-5H,6,11H2,1-2H3,(H,12,13). The van der Waals surface area contributed by atoms with E-state index in [0.717, 1.165) is 17.6 Å². The van der Waals surface area contributed by atoms with Gasteiger partial charge in [0, 0.05) is 18.1 Å². The van der Waals surface area contributed by atoms with Crippen molar-refractivity contribution in [2.75, 3.05) is 19.8 Å². The van der Waals surface area contributed by atoms with Gasteiger partial charge in [-0.25, -0.2) is 4.98 Å². The highest BCUT2D eigenvalue weighted by atomic mass is 15.1. The second-order valence-electron chi connectivity index (χ2n) is 3.72. The molecule has 14 heavy (non-hydrogen) atoms. The summed E-state index contributed by atoms with van der Waals surface area (Å²) in [6.45, 7) is 0.894. The number of pyridine rings is 1. The van der Waals surface area contributed by atoms with Gasteiger partial charge in [0.05, 0.1) is 11.9 Å². The first-order chi connectivity index (χ1) is 6.66. The summed E-state index contributed by atoms with van der Waals surface area (Å²) in [4.78, 5) is 9.45. The first kappa shape index (κ1) is 9.02. The number of hydrogen-bond acceptors (Lipinski definition) is 3. The van der Waals surface area contributed by atoms with Crippen LogP contribution in [0.5, 0.6) is 0 Å². The van der Waals surface area contributed by atoms with Crippen LogP contribution in [0.15, 0.2) is 18.5 Å². The van der Waals surface area contributed by atoms with Gasteiger partial charge in [0.2, 0.25) is 0 Å². The molecule has 0 aliphatic heterocycles. The van der Waals surface area contributed by atoms with Crippen molar-refractivity contribution in [3.8, 4) is 0 Å². The number of nitrogen functional groups attached to an aromatic ring is 1. The van der Waals surface area contributed by atoms with Crippen molar-refractivity contribution in [3.05, 3.63) is 24.0 Å². The van der Waals surface area contributed by atoms with Crippen molar-refractivity contribution in [2.45, 2.75) is 6.54 Å². The number of rotatable bonds is 2. The number of H-pyrrole nitrogens is 1. The van der Waals surface area contributed by atoms with Gasteiger partial charge in [-0.1, -0.05) is 0 Å². The maximum absolute atomic E-state index is 5.69. The molecule has 0 amide bonds. The average Bonchev–Trinajstić information content (AvgIpc) is 2.47. The summed E-state index contributed by atoms with van der Waals surface area (Å²) < 4.78 is 0. The van der Waals surface area contributed by atoms with Gasteiger partial charge in [-0.3, -0.25) is 0 Å². The van der Waals surface area contributed by atoms with E-state index in [9.17, 15) is 0 Å². The molecule has 74 valence electrons. The maximum atomic E-state index is 5.69. The monoisotopic (exact) mass is 190 g/mol. The van der Waals surface area contributed by atoms with Crippen LogP contribution in [0, 0.1) is 0 Å². The first-order valence-electron chi connectivity index (χ1n) is 4.53. The number of nitrogens with zero attached hydrogens (tertiary/aromatic N) is 2. The quantitative estimate of drug-likeness (QED) is 0.748. The summed E-state index contributed by atoms with van der Waals surface area (Å²) in [7, 11) is 4.08. The highest BCUT2D eigenvalue weighted by Crippen LogP contribution is 2.19. The summed E-state index contributed by atoms with van der Waals surface area (Å²) in [6.07, 6.45) is 3.65. The molecule has 0 spiro atoms. The molecule has 0 aliphatic rings. The van der Waals surface area contributed by atoms with E-state index in [1.807, 2.05) is 26.4 Å². The smallest absolute Gasteiger partial charge is 0.137 e. The molecule has 0 aromatic carbocycles. The van der Waals surface area contributed by atoms with Crippen molar-refractivity contribution in [1.82, 2.24) is 14.9 Å². The van der Waals surface area contributed by atoms with Gasteiger partial charge in [0.15, 0.2) is 0 Å². The predicted octanol–water partition coefficient (Wildman–Crippen LogP) is 1.21. The van der Waals surface area contributed by atoms with Gasteiger partial charge < -0.3 is 15.6 Å². The van der Waals surface area contributed by atoms with Crippen LogP contribution in [0.4, 0.5) is 5.69 Å². The van der Waals surface area contributed by atoms with E-state index in [1.165, 1.54) is 5.56 Å². The lowest BCUT2D eigenvalue weighted by molar-refractivity contribution is 0.404. The molecular weight excluding hydrogens is 176 g/mol. The SMILES string of the molecule is CN(C)Cc1c[nH]c2ncc(N)cc12. The first-order valence-corrected chi connectivity index (χ1v) is 4.53. The van der Waals surface area contributed by atoms with E-state index >= 15 is 0 Å². The van der Waals surface area contributed by atoms with Gasteiger partial charge in [0.25, 0.3) is 0 Å². The third kappa shape index (κ3) is 1.56. The van der Waals surface area contributed by atoms with Crippen LogP contribution in [0.1, 0.15) is 5.56 Å². The molecule has 2 heterocycles. The third-order valence-corrected chi connectivity index (χ3v) is 2.12. The highest BCUT2D eigenvalue weighted by Gasteiger charge is 2.05. The zero-order chi connectivity index (χ0) is 10.1. The Labute approximate surface area is 82.7 Å². The zero-order valence-electron chi connectivity index (χ0n) is 8.41. The van der Waals surface area contributed by atoms with Crippen LogP contribution in [-0.2, 0) is 6.54 Å². The number of aromatic nitrogens is 2. The van der Waals surface area contributed by atoms with Crippen LogP contribution < -0.4 is 5.73 Å². The Morgan fingerprint density at radius 1 is 1.50 bits per heavy atom. The molecule has 2 aromatic heterocycles. The lowest BCUT2D eigenvalue weighted by Gasteiger charge is -2.07. The second-order valence-corrected chi connectivity index (χ2v) is 3.72. The minimum atomic E-state index is 0.706. The van der Waals surface area contributed by atoms with E-state index in [0.29, 0.717) is 5.69 Å². The van der Waals surface area contributed by atoms with Crippen molar-refractivity contribution in [2.24, 2.45) is 0 Å². The molecular formula is C10H14N4. The Bertz CT molecular complexity index is 444. The lowest BCUT2D eigenvalue weighted by Crippen LogP contribution is -2.10. The van der Waals surface area contributed by atoms with E-state index < -0.39 is 0 Å². The molecule has 0 saturated carbocycles. The molecule has 2 aromatic rings. The van der Waals surface area contributed by atoms with Gasteiger partial charge in [-0.2, -0.15) is 0 Å². The number of anilines is 1. The zero-order valence-corrected chi connectivity index (χ0v) is 8.41. The fourth-order valence-electron chi connectivity index (χ4n) is 1.55. The molecule has 0 aliphatic carbocycles. The van der Waals surface area contributed by atoms with Gasteiger partial charge in [-0.05, 0) is 25.7 Å². The largest absolute Gasteiger partial charge is 0.397 e. The molecule has 0 unspecified atom stereocenters. The summed E-state index contributed by atoms with van der Waals surface area (Å²) in [5.41, 5.74) is 8.52. The minimum absolute atomic E-state index is 0.706. The molecule has 0 atom stereocenters. The maximum Gasteiger partial charge on any atom is 0.137 e. The fourth-order valence-corrected chi connectivity index (χ4v) is 1.55. The van der Waals surface area contributed by atoms with Crippen LogP contribution >= 0.6 is 0 Å². The Kier molecular flexibility index (Phi) is 2.13. The lowest BCUT2D eigenvalue weighted by atomic mass is 10.2. The van der Waals surface area contributed by atoms with E-state index in [-0.39, 0.29) is 0 Å². The van der Waals surface area contributed by atoms with Crippen LogP contribution in [0.3, 0.4) is 0 Å². The Morgan fingerprint density at radius 3 is 3.00 bits per heavy atom. The van der Waals surface area contributed by atoms with Crippen molar-refractivity contribution >= 4 is 16.7 Å². The van der Waals surface area contributed by atoms with Crippen LogP contribution in [-0.4, -0.2) is 29.0 Å². The summed E-state index contributed by atoms with van der Waals surface area (Å²) in [6, 6.07) is 1.96. The summed E-state index contributed by atoms with van der Waals surface area (Å²) in [5.74, 6) is 0. The second kappa shape index (κ2) is 3.31. The van der Waals surface area contributed by atoms with Gasteiger partial charge in [-0.15, -0.1) is 0 Å². The topological polar surface area (TPSA) is 57.9 Å². The van der Waals surface area contributed by atoms with Crippen molar-refractivity contribution in [1.29, 1.82) is 0 Å². The molecule has 2 rings (SSSR count). The Balaban J connectivity index is 2.50. The third-order valence-electron chi connectivity index (χ3n) is 2.12. The molecule has 4 heteroatoms. The van der Waals surface area contributed by atoms with Crippen LogP contribution in [0.25, 0.3) is 11.0 Å². The fraction of sp³-hybridized carbons (Fsp3) is 0.300. The van der Waals surface area contributed by atoms with E-state index in [4.69, 9.17) is 5.73 Å². The normalized spacial score (nSPS) is 11.4. The van der Waals surface area contributed by atoms with Crippen LogP contribution in [0.2, 0.25) is 0 Å². The molecule has 0 radical (unpaired) electrons. The number of nitrogens with two attached hydrogens (primary N) is 1. The Morgan fingerprint density at radius 2 is 2.29 bits per heavy atom. The summed E-state index contributed by atoms with van der Waals surface area (Å²) >= 11 is 0.